The number of benzene rings is 1. The van der Waals surface area contributed by atoms with Gasteiger partial charge >= 0.3 is 0 Å². The van der Waals surface area contributed by atoms with Gasteiger partial charge in [-0.1, -0.05) is 44.2 Å². The zero-order valence-corrected chi connectivity index (χ0v) is 12.4. The summed E-state index contributed by atoms with van der Waals surface area (Å²) in [5.74, 6) is 1.04. The molecule has 1 aromatic carbocycles. The SMILES string of the molecule is CC1CN(C(=O)C(C)C(N)c2ccccc2)CCS1. The molecule has 0 saturated carbocycles. The second-order valence-corrected chi connectivity index (χ2v) is 6.74. The summed E-state index contributed by atoms with van der Waals surface area (Å²) in [6.07, 6.45) is 0. The number of carbonyl (C=O) groups is 1. The number of carbonyl (C=O) groups excluding carboxylic acids is 1. The van der Waals surface area contributed by atoms with E-state index in [0.29, 0.717) is 5.25 Å². The van der Waals surface area contributed by atoms with E-state index in [1.54, 1.807) is 0 Å². The fourth-order valence-corrected chi connectivity index (χ4v) is 3.44. The summed E-state index contributed by atoms with van der Waals surface area (Å²) in [5.41, 5.74) is 7.26. The van der Waals surface area contributed by atoms with Crippen LogP contribution in [0.25, 0.3) is 0 Å². The first-order valence-corrected chi connectivity index (χ1v) is 7.85. The largest absolute Gasteiger partial charge is 0.340 e. The molecular formula is C15H22N2OS. The van der Waals surface area contributed by atoms with E-state index in [1.807, 2.05) is 53.9 Å². The van der Waals surface area contributed by atoms with Crippen molar-refractivity contribution in [2.24, 2.45) is 11.7 Å². The molecule has 0 radical (unpaired) electrons. The van der Waals surface area contributed by atoms with Gasteiger partial charge in [-0.05, 0) is 5.56 Å². The van der Waals surface area contributed by atoms with Crippen LogP contribution in [-0.4, -0.2) is 34.9 Å². The van der Waals surface area contributed by atoms with Crippen molar-refractivity contribution >= 4 is 17.7 Å². The lowest BCUT2D eigenvalue weighted by Gasteiger charge is -2.34. The summed E-state index contributed by atoms with van der Waals surface area (Å²) < 4.78 is 0. The van der Waals surface area contributed by atoms with Crippen LogP contribution in [0.3, 0.4) is 0 Å². The minimum atomic E-state index is -0.224. The Morgan fingerprint density at radius 1 is 1.42 bits per heavy atom. The van der Waals surface area contributed by atoms with Crippen LogP contribution >= 0.6 is 11.8 Å². The van der Waals surface area contributed by atoms with Crippen molar-refractivity contribution in [1.82, 2.24) is 4.90 Å². The fourth-order valence-electron chi connectivity index (χ4n) is 2.42. The lowest BCUT2D eigenvalue weighted by Crippen LogP contribution is -2.45. The lowest BCUT2D eigenvalue weighted by molar-refractivity contribution is -0.135. The zero-order chi connectivity index (χ0) is 13.8. The van der Waals surface area contributed by atoms with Crippen molar-refractivity contribution in [2.45, 2.75) is 25.1 Å². The number of thioether (sulfide) groups is 1. The van der Waals surface area contributed by atoms with Gasteiger partial charge in [-0.15, -0.1) is 0 Å². The Bertz CT molecular complexity index is 423. The molecule has 3 atom stereocenters. The van der Waals surface area contributed by atoms with Crippen LogP contribution < -0.4 is 5.73 Å². The van der Waals surface area contributed by atoms with Crippen LogP contribution in [-0.2, 0) is 4.79 Å². The molecule has 1 aliphatic heterocycles. The highest BCUT2D eigenvalue weighted by Gasteiger charge is 2.29. The number of hydrogen-bond acceptors (Lipinski definition) is 3. The topological polar surface area (TPSA) is 46.3 Å². The quantitative estimate of drug-likeness (QED) is 0.922. The third-order valence-electron chi connectivity index (χ3n) is 3.67. The molecule has 1 fully saturated rings. The molecule has 0 aromatic heterocycles. The normalized spacial score (nSPS) is 22.9. The molecule has 3 nitrogen and oxygen atoms in total. The Labute approximate surface area is 119 Å². The molecule has 1 aromatic rings. The van der Waals surface area contributed by atoms with Crippen molar-refractivity contribution in [3.8, 4) is 0 Å². The van der Waals surface area contributed by atoms with Gasteiger partial charge in [-0.2, -0.15) is 11.8 Å². The average molecular weight is 278 g/mol. The molecule has 2 N–H and O–H groups in total. The molecule has 4 heteroatoms. The van der Waals surface area contributed by atoms with E-state index in [-0.39, 0.29) is 17.9 Å². The highest BCUT2D eigenvalue weighted by molar-refractivity contribution is 7.99. The Balaban J connectivity index is 2.02. The van der Waals surface area contributed by atoms with Crippen molar-refractivity contribution in [2.75, 3.05) is 18.8 Å². The van der Waals surface area contributed by atoms with Crippen molar-refractivity contribution in [3.05, 3.63) is 35.9 Å². The molecule has 1 heterocycles. The van der Waals surface area contributed by atoms with Gasteiger partial charge in [-0.3, -0.25) is 4.79 Å². The number of amides is 1. The van der Waals surface area contributed by atoms with Crippen LogP contribution in [0.2, 0.25) is 0 Å². The number of nitrogens with zero attached hydrogens (tertiary/aromatic N) is 1. The highest BCUT2D eigenvalue weighted by Crippen LogP contribution is 2.24. The first-order valence-electron chi connectivity index (χ1n) is 6.80. The minimum absolute atomic E-state index is 0.169. The predicted molar refractivity (Wildman–Crippen MR) is 81.0 cm³/mol. The van der Waals surface area contributed by atoms with Crippen LogP contribution in [0.1, 0.15) is 25.5 Å². The summed E-state index contributed by atoms with van der Waals surface area (Å²) in [6, 6.07) is 9.65. The molecule has 104 valence electrons. The maximum atomic E-state index is 12.5. The standard InChI is InChI=1S/C15H22N2OS/c1-11-10-17(8-9-19-11)15(18)12(2)14(16)13-6-4-3-5-7-13/h3-7,11-12,14H,8-10,16H2,1-2H3. The summed E-state index contributed by atoms with van der Waals surface area (Å²) in [4.78, 5) is 14.5. The Kier molecular flexibility index (Phi) is 4.88. The Hall–Kier alpha value is -1.00. The van der Waals surface area contributed by atoms with Crippen molar-refractivity contribution in [3.63, 3.8) is 0 Å². The van der Waals surface area contributed by atoms with E-state index >= 15 is 0 Å². The highest BCUT2D eigenvalue weighted by atomic mass is 32.2. The molecule has 1 saturated heterocycles. The van der Waals surface area contributed by atoms with Gasteiger partial charge in [0.05, 0.1) is 5.92 Å². The van der Waals surface area contributed by atoms with Gasteiger partial charge in [0.2, 0.25) is 5.91 Å². The van der Waals surface area contributed by atoms with E-state index < -0.39 is 0 Å². The van der Waals surface area contributed by atoms with Crippen LogP contribution in [0.15, 0.2) is 30.3 Å². The van der Waals surface area contributed by atoms with Gasteiger partial charge in [0.15, 0.2) is 0 Å². The van der Waals surface area contributed by atoms with Gasteiger partial charge < -0.3 is 10.6 Å². The predicted octanol–water partition coefficient (Wildman–Crippen LogP) is 2.29. The van der Waals surface area contributed by atoms with Crippen LogP contribution in [0.5, 0.6) is 0 Å². The van der Waals surface area contributed by atoms with E-state index in [2.05, 4.69) is 6.92 Å². The summed E-state index contributed by atoms with van der Waals surface area (Å²) in [5, 5.41) is 0.526. The maximum absolute atomic E-state index is 12.5. The molecular weight excluding hydrogens is 256 g/mol. The van der Waals surface area contributed by atoms with Gasteiger partial charge in [0.25, 0.3) is 0 Å². The summed E-state index contributed by atoms with van der Waals surface area (Å²) >= 11 is 1.93. The Morgan fingerprint density at radius 3 is 2.74 bits per heavy atom. The van der Waals surface area contributed by atoms with Crippen LogP contribution in [0.4, 0.5) is 0 Å². The molecule has 0 aliphatic carbocycles. The molecule has 0 spiro atoms. The third kappa shape index (κ3) is 3.51. The molecule has 1 amide bonds. The third-order valence-corrected chi connectivity index (χ3v) is 4.80. The second kappa shape index (κ2) is 6.44. The lowest BCUT2D eigenvalue weighted by atomic mass is 9.94. The number of rotatable bonds is 3. The number of hydrogen-bond donors (Lipinski definition) is 1. The average Bonchev–Trinajstić information content (AvgIpc) is 2.46. The van der Waals surface area contributed by atoms with Crippen molar-refractivity contribution in [1.29, 1.82) is 0 Å². The maximum Gasteiger partial charge on any atom is 0.227 e. The molecule has 2 rings (SSSR count). The monoisotopic (exact) mass is 278 g/mol. The van der Waals surface area contributed by atoms with Gasteiger partial charge in [0, 0.05) is 30.1 Å². The first-order chi connectivity index (χ1) is 9.09. The van der Waals surface area contributed by atoms with Crippen molar-refractivity contribution < 1.29 is 4.79 Å². The molecule has 19 heavy (non-hydrogen) atoms. The zero-order valence-electron chi connectivity index (χ0n) is 11.6. The fraction of sp³-hybridized carbons (Fsp3) is 0.533. The second-order valence-electron chi connectivity index (χ2n) is 5.19. The first kappa shape index (κ1) is 14.4. The van der Waals surface area contributed by atoms with E-state index in [4.69, 9.17) is 5.73 Å². The van der Waals surface area contributed by atoms with E-state index in [9.17, 15) is 4.79 Å². The Morgan fingerprint density at radius 2 is 2.11 bits per heavy atom. The van der Waals surface area contributed by atoms with Crippen LogP contribution in [0, 0.1) is 5.92 Å². The number of nitrogens with two attached hydrogens (primary N) is 1. The summed E-state index contributed by atoms with van der Waals surface area (Å²) in [7, 11) is 0. The smallest absolute Gasteiger partial charge is 0.227 e. The molecule has 1 aliphatic rings. The van der Waals surface area contributed by atoms with Gasteiger partial charge in [-0.25, -0.2) is 0 Å². The molecule has 0 bridgehead atoms. The summed E-state index contributed by atoms with van der Waals surface area (Å²) in [6.45, 7) is 5.80. The van der Waals surface area contributed by atoms with E-state index in [0.717, 1.165) is 24.4 Å². The minimum Gasteiger partial charge on any atom is -0.340 e. The molecule has 3 unspecified atom stereocenters. The van der Waals surface area contributed by atoms with E-state index in [1.165, 1.54) is 0 Å². The van der Waals surface area contributed by atoms with Gasteiger partial charge in [0.1, 0.15) is 0 Å².